The predicted octanol–water partition coefficient (Wildman–Crippen LogP) is 2.08. The minimum absolute atomic E-state index is 0.112. The van der Waals surface area contributed by atoms with Crippen molar-refractivity contribution in [2.24, 2.45) is 0 Å². The number of hydrogen-bond donors (Lipinski definition) is 3. The third-order valence-corrected chi connectivity index (χ3v) is 5.42. The molecule has 0 aliphatic carbocycles. The summed E-state index contributed by atoms with van der Waals surface area (Å²) in [6, 6.07) is 2.71. The summed E-state index contributed by atoms with van der Waals surface area (Å²) in [5, 5.41) is 11.5. The molecule has 0 aromatic heterocycles. The SMILES string of the molecule is CC(C)N(B1NB(N(C(C)C)C(C)C)NB(N(C(C)C)C(C)C)N1)C(C)C. The summed E-state index contributed by atoms with van der Waals surface area (Å²) in [5.74, 6) is 0. The summed E-state index contributed by atoms with van der Waals surface area (Å²) in [6.07, 6.45) is 0. The van der Waals surface area contributed by atoms with Crippen LogP contribution in [0.1, 0.15) is 83.1 Å². The number of nitrogens with one attached hydrogen (secondary N) is 3. The highest BCUT2D eigenvalue weighted by atomic mass is 15.4. The van der Waals surface area contributed by atoms with E-state index in [1.165, 1.54) is 0 Å². The maximum atomic E-state index is 3.84. The second-order valence-corrected chi connectivity index (χ2v) is 9.61. The lowest BCUT2D eigenvalue weighted by Gasteiger charge is -2.49. The van der Waals surface area contributed by atoms with E-state index in [2.05, 4.69) is 113 Å². The molecule has 1 rings (SSSR count). The molecule has 156 valence electrons. The molecule has 0 atom stereocenters. The van der Waals surface area contributed by atoms with Gasteiger partial charge >= 0.3 is 21.4 Å². The van der Waals surface area contributed by atoms with Gasteiger partial charge in [0.15, 0.2) is 0 Å². The van der Waals surface area contributed by atoms with Gasteiger partial charge in [-0.1, -0.05) is 83.1 Å². The van der Waals surface area contributed by atoms with Crippen LogP contribution in [0.15, 0.2) is 0 Å². The van der Waals surface area contributed by atoms with Gasteiger partial charge in [0.25, 0.3) is 0 Å². The van der Waals surface area contributed by atoms with Crippen LogP contribution in [0.3, 0.4) is 0 Å². The molecule has 0 radical (unpaired) electrons. The van der Waals surface area contributed by atoms with Crippen molar-refractivity contribution in [3.8, 4) is 0 Å². The summed E-state index contributed by atoms with van der Waals surface area (Å²) < 4.78 is 0. The zero-order valence-corrected chi connectivity index (χ0v) is 20.0. The Morgan fingerprint density at radius 3 is 0.630 bits per heavy atom. The van der Waals surface area contributed by atoms with E-state index in [0.29, 0.717) is 36.3 Å². The van der Waals surface area contributed by atoms with E-state index in [1.54, 1.807) is 0 Å². The average molecular weight is 378 g/mol. The first kappa shape index (κ1) is 25.0. The van der Waals surface area contributed by atoms with Crippen LogP contribution in [0.2, 0.25) is 0 Å². The molecule has 6 nitrogen and oxygen atoms in total. The molecule has 1 saturated heterocycles. The summed E-state index contributed by atoms with van der Waals surface area (Å²) in [7, 11) is 0.337. The molecular formula is C18H45B3N6. The lowest BCUT2D eigenvalue weighted by Crippen LogP contribution is -2.87. The van der Waals surface area contributed by atoms with Crippen LogP contribution >= 0.6 is 0 Å². The Balaban J connectivity index is 3.25. The molecule has 0 unspecified atom stereocenters. The summed E-state index contributed by atoms with van der Waals surface area (Å²) >= 11 is 0. The summed E-state index contributed by atoms with van der Waals surface area (Å²) in [4.78, 5) is 7.58. The second-order valence-electron chi connectivity index (χ2n) is 9.61. The van der Waals surface area contributed by atoms with Gasteiger partial charge in [-0.2, -0.15) is 0 Å². The fraction of sp³-hybridized carbons (Fsp3) is 1.00. The average Bonchev–Trinajstić information content (AvgIpc) is 2.44. The third-order valence-electron chi connectivity index (χ3n) is 5.42. The van der Waals surface area contributed by atoms with Gasteiger partial charge < -0.3 is 29.8 Å². The maximum Gasteiger partial charge on any atom is 0.379 e. The fourth-order valence-electron chi connectivity index (χ4n) is 4.69. The van der Waals surface area contributed by atoms with Crippen LogP contribution in [0.5, 0.6) is 0 Å². The Morgan fingerprint density at radius 2 is 0.519 bits per heavy atom. The molecule has 9 heteroatoms. The fourth-order valence-corrected chi connectivity index (χ4v) is 4.69. The van der Waals surface area contributed by atoms with E-state index < -0.39 is 0 Å². The van der Waals surface area contributed by atoms with Gasteiger partial charge in [-0.25, -0.2) is 0 Å². The molecule has 1 heterocycles. The molecule has 0 amide bonds. The highest BCUT2D eigenvalue weighted by Crippen LogP contribution is 2.14. The van der Waals surface area contributed by atoms with Crippen molar-refractivity contribution < 1.29 is 0 Å². The van der Waals surface area contributed by atoms with Gasteiger partial charge in [0.2, 0.25) is 0 Å². The van der Waals surface area contributed by atoms with Crippen LogP contribution in [0, 0.1) is 0 Å². The normalized spacial score (nSPS) is 17.0. The monoisotopic (exact) mass is 378 g/mol. The standard InChI is InChI=1S/C18H45B3N6/c1-13(2)25(14(3)4)19-22-20(26(15(5)6)16(7)8)24-21(23-19)27(17(9)10)18(11)12/h13-18,22-24H,1-12H3. The molecule has 3 N–H and O–H groups in total. The smallest absolute Gasteiger partial charge is 0.342 e. The van der Waals surface area contributed by atoms with Gasteiger partial charge in [-0.05, 0) is 36.3 Å². The molecule has 1 fully saturated rings. The first-order valence-corrected chi connectivity index (χ1v) is 11.0. The first-order chi connectivity index (χ1) is 12.4. The predicted molar refractivity (Wildman–Crippen MR) is 123 cm³/mol. The van der Waals surface area contributed by atoms with Crippen LogP contribution < -0.4 is 15.4 Å². The molecule has 0 spiro atoms. The highest BCUT2D eigenvalue weighted by molar-refractivity contribution is 6.84. The zero-order valence-electron chi connectivity index (χ0n) is 20.0. The van der Waals surface area contributed by atoms with Crippen molar-refractivity contribution in [1.29, 1.82) is 0 Å². The Bertz CT molecular complexity index is 342. The van der Waals surface area contributed by atoms with E-state index in [4.69, 9.17) is 0 Å². The molecule has 0 saturated carbocycles. The Hall–Kier alpha value is -0.0452. The van der Waals surface area contributed by atoms with Crippen molar-refractivity contribution in [1.82, 2.24) is 29.8 Å². The minimum Gasteiger partial charge on any atom is -0.342 e. The largest absolute Gasteiger partial charge is 0.379 e. The van der Waals surface area contributed by atoms with Gasteiger partial charge in [0, 0.05) is 0 Å². The van der Waals surface area contributed by atoms with Crippen molar-refractivity contribution in [3.63, 3.8) is 0 Å². The van der Waals surface area contributed by atoms with Crippen LogP contribution in [-0.4, -0.2) is 72.0 Å². The number of rotatable bonds is 9. The van der Waals surface area contributed by atoms with Crippen molar-refractivity contribution in [2.45, 2.75) is 119 Å². The molecule has 1 aliphatic rings. The van der Waals surface area contributed by atoms with Crippen molar-refractivity contribution in [3.05, 3.63) is 0 Å². The van der Waals surface area contributed by atoms with Gasteiger partial charge in [-0.3, -0.25) is 0 Å². The molecule has 0 aromatic carbocycles. The Morgan fingerprint density at radius 1 is 0.370 bits per heavy atom. The van der Waals surface area contributed by atoms with E-state index in [-0.39, 0.29) is 21.4 Å². The van der Waals surface area contributed by atoms with Gasteiger partial charge in [0.05, 0.1) is 0 Å². The molecule has 27 heavy (non-hydrogen) atoms. The highest BCUT2D eigenvalue weighted by Gasteiger charge is 2.47. The van der Waals surface area contributed by atoms with Gasteiger partial charge in [0.1, 0.15) is 0 Å². The molecule has 0 aromatic rings. The van der Waals surface area contributed by atoms with E-state index in [9.17, 15) is 0 Å². The Labute approximate surface area is 171 Å². The van der Waals surface area contributed by atoms with Crippen molar-refractivity contribution >= 4 is 21.4 Å². The van der Waals surface area contributed by atoms with Crippen LogP contribution in [0.25, 0.3) is 0 Å². The lowest BCUT2D eigenvalue weighted by molar-refractivity contribution is 0.270. The van der Waals surface area contributed by atoms with Crippen LogP contribution in [0.4, 0.5) is 0 Å². The maximum absolute atomic E-state index is 3.84. The number of hydrogen-bond acceptors (Lipinski definition) is 6. The molecule has 0 bridgehead atoms. The summed E-state index contributed by atoms with van der Waals surface area (Å²) in [6.45, 7) is 27.3. The zero-order chi connectivity index (χ0) is 21.0. The molecular weight excluding hydrogens is 333 g/mol. The summed E-state index contributed by atoms with van der Waals surface area (Å²) in [5.41, 5.74) is 0. The quantitative estimate of drug-likeness (QED) is 0.535. The van der Waals surface area contributed by atoms with E-state index in [1.807, 2.05) is 0 Å². The Kier molecular flexibility index (Phi) is 9.86. The second kappa shape index (κ2) is 10.7. The first-order valence-electron chi connectivity index (χ1n) is 11.0. The third kappa shape index (κ3) is 6.48. The lowest BCUT2D eigenvalue weighted by atomic mass is 9.59. The minimum atomic E-state index is 0.112. The van der Waals surface area contributed by atoms with E-state index >= 15 is 0 Å². The van der Waals surface area contributed by atoms with E-state index in [0.717, 1.165) is 0 Å². The number of nitrogens with zero attached hydrogens (tertiary/aromatic N) is 3. The topological polar surface area (TPSA) is 45.8 Å². The molecule has 1 aliphatic heterocycles. The van der Waals surface area contributed by atoms with Crippen LogP contribution in [-0.2, 0) is 0 Å². The van der Waals surface area contributed by atoms with Gasteiger partial charge in [-0.15, -0.1) is 0 Å². The van der Waals surface area contributed by atoms with Crippen molar-refractivity contribution in [2.75, 3.05) is 0 Å².